The van der Waals surface area contributed by atoms with Gasteiger partial charge in [0.15, 0.2) is 12.4 Å². The molecule has 1 saturated carbocycles. The summed E-state index contributed by atoms with van der Waals surface area (Å²) in [6.45, 7) is 3.77. The van der Waals surface area contributed by atoms with Gasteiger partial charge in [-0.1, -0.05) is 65.1 Å². The highest BCUT2D eigenvalue weighted by Gasteiger charge is 2.74. The zero-order valence-electron chi connectivity index (χ0n) is 21.9. The highest BCUT2D eigenvalue weighted by molar-refractivity contribution is 6.76. The van der Waals surface area contributed by atoms with Crippen molar-refractivity contribution < 1.29 is 47.6 Å². The summed E-state index contributed by atoms with van der Waals surface area (Å²) in [7, 11) is 2.66. The van der Waals surface area contributed by atoms with Crippen molar-refractivity contribution in [2.24, 2.45) is 5.92 Å². The molecular weight excluding hydrogens is 581 g/mol. The molecule has 0 unspecified atom stereocenters. The van der Waals surface area contributed by atoms with Crippen molar-refractivity contribution in [3.8, 4) is 0 Å². The molecule has 0 radical (unpaired) electrons. The van der Waals surface area contributed by atoms with Gasteiger partial charge in [-0.05, 0) is 12.5 Å². The van der Waals surface area contributed by atoms with Crippen LogP contribution in [0.2, 0.25) is 0 Å². The molecule has 2 fully saturated rings. The van der Waals surface area contributed by atoms with Gasteiger partial charge < -0.3 is 33.7 Å². The highest BCUT2D eigenvalue weighted by atomic mass is 35.6. The molecule has 1 aromatic carbocycles. The van der Waals surface area contributed by atoms with Crippen molar-refractivity contribution in [2.45, 2.75) is 73.3 Å². The Kier molecular flexibility index (Phi) is 9.78. The van der Waals surface area contributed by atoms with Crippen LogP contribution < -0.4 is 5.32 Å². The number of halogens is 3. The van der Waals surface area contributed by atoms with E-state index in [0.29, 0.717) is 0 Å². The zero-order valence-corrected chi connectivity index (χ0v) is 24.2. The third-order valence-corrected chi connectivity index (χ3v) is 7.31. The molecule has 6 atom stereocenters. The maximum atomic E-state index is 13.5. The molecule has 1 saturated heterocycles. The summed E-state index contributed by atoms with van der Waals surface area (Å²) in [4.78, 5) is 51.2. The monoisotopic (exact) mass is 609 g/mol. The van der Waals surface area contributed by atoms with E-state index in [4.69, 9.17) is 63.2 Å². The first-order valence-corrected chi connectivity index (χ1v) is 13.0. The van der Waals surface area contributed by atoms with Crippen molar-refractivity contribution in [3.63, 3.8) is 0 Å². The van der Waals surface area contributed by atoms with Crippen LogP contribution in [0.1, 0.15) is 32.8 Å². The number of carbonyl (C=O) groups is 4. The van der Waals surface area contributed by atoms with Crippen molar-refractivity contribution >= 4 is 58.6 Å². The molecule has 1 aliphatic heterocycles. The van der Waals surface area contributed by atoms with Crippen LogP contribution in [0.25, 0.3) is 0 Å². The Morgan fingerprint density at radius 1 is 1.10 bits per heavy atom. The number of alkyl halides is 3. The number of nitrogens with one attached hydrogen (secondary N) is 1. The number of amides is 1. The van der Waals surface area contributed by atoms with Crippen LogP contribution in [0.3, 0.4) is 0 Å². The van der Waals surface area contributed by atoms with Crippen LogP contribution >= 0.6 is 34.8 Å². The van der Waals surface area contributed by atoms with Gasteiger partial charge in [0.25, 0.3) is 9.70 Å². The molecule has 1 aliphatic carbocycles. The lowest BCUT2D eigenvalue weighted by molar-refractivity contribution is -0.299. The molecule has 216 valence electrons. The van der Waals surface area contributed by atoms with Crippen molar-refractivity contribution in [2.75, 3.05) is 14.2 Å². The van der Waals surface area contributed by atoms with Gasteiger partial charge in [-0.2, -0.15) is 0 Å². The summed E-state index contributed by atoms with van der Waals surface area (Å²) >= 11 is 17.8. The molecule has 1 aromatic rings. The van der Waals surface area contributed by atoms with Gasteiger partial charge in [-0.3, -0.25) is 14.4 Å². The van der Waals surface area contributed by atoms with E-state index in [1.165, 1.54) is 21.1 Å². The summed E-state index contributed by atoms with van der Waals surface area (Å²) in [5.74, 6) is -4.80. The van der Waals surface area contributed by atoms with Gasteiger partial charge in [-0.15, -0.1) is 0 Å². The largest absolute Gasteiger partial charge is 0.455 e. The lowest BCUT2D eigenvalue weighted by atomic mass is 9.59. The molecule has 14 heteroatoms. The lowest BCUT2D eigenvalue weighted by Gasteiger charge is -2.61. The van der Waals surface area contributed by atoms with Crippen LogP contribution in [-0.2, 0) is 54.2 Å². The minimum atomic E-state index is -2.49. The quantitative estimate of drug-likeness (QED) is 0.192. The Morgan fingerprint density at radius 3 is 2.23 bits per heavy atom. The fourth-order valence-corrected chi connectivity index (χ4v) is 5.53. The first-order chi connectivity index (χ1) is 18.2. The van der Waals surface area contributed by atoms with Gasteiger partial charge in [0, 0.05) is 40.4 Å². The molecule has 11 nitrogen and oxygen atoms in total. The Bertz CT molecular complexity index is 1080. The van der Waals surface area contributed by atoms with Gasteiger partial charge in [0.05, 0.1) is 6.61 Å². The fraction of sp³-hybridized carbons (Fsp3) is 0.600. The van der Waals surface area contributed by atoms with E-state index >= 15 is 0 Å². The second-order valence-electron chi connectivity index (χ2n) is 9.51. The Balaban J connectivity index is 2.31. The number of methoxy groups -OCH3 is 2. The molecule has 2 aliphatic rings. The first kappa shape index (κ1) is 31.4. The summed E-state index contributed by atoms with van der Waals surface area (Å²) in [5, 5.41) is 2.63. The lowest BCUT2D eigenvalue weighted by Crippen LogP contribution is -2.84. The topological polar surface area (TPSA) is 136 Å². The van der Waals surface area contributed by atoms with E-state index in [-0.39, 0.29) is 13.0 Å². The molecule has 0 aromatic heterocycles. The van der Waals surface area contributed by atoms with E-state index < -0.39 is 69.3 Å². The molecule has 1 amide bonds. The molecule has 1 heterocycles. The summed E-state index contributed by atoms with van der Waals surface area (Å²) in [6, 6.07) is 8.98. The van der Waals surface area contributed by atoms with E-state index in [2.05, 4.69) is 5.32 Å². The van der Waals surface area contributed by atoms with E-state index in [1.807, 2.05) is 6.07 Å². The summed E-state index contributed by atoms with van der Waals surface area (Å²) in [5.41, 5.74) is -2.75. The molecule has 39 heavy (non-hydrogen) atoms. The SMILES string of the molecule is COC(OC)[C@H]1C[C@](C)(OC(C)=O)[C@H]2OC(=O)[C@@H](OC(C)=O)[C@]1(NC(=O)C(Cl)(Cl)Cl)[C@@H]2OCc1ccccc1. The predicted molar refractivity (Wildman–Crippen MR) is 138 cm³/mol. The number of benzene rings is 1. The van der Waals surface area contributed by atoms with Crippen LogP contribution in [0.5, 0.6) is 0 Å². The molecule has 3 rings (SSSR count). The molecular formula is C25H30Cl3NO10. The van der Waals surface area contributed by atoms with Gasteiger partial charge in [0.2, 0.25) is 6.10 Å². The van der Waals surface area contributed by atoms with E-state index in [1.54, 1.807) is 31.2 Å². The third kappa shape index (κ3) is 6.44. The zero-order chi connectivity index (χ0) is 29.2. The number of hydrogen-bond acceptors (Lipinski definition) is 10. The predicted octanol–water partition coefficient (Wildman–Crippen LogP) is 2.61. The van der Waals surface area contributed by atoms with E-state index in [0.717, 1.165) is 12.5 Å². The molecule has 2 bridgehead atoms. The molecule has 0 spiro atoms. The number of fused-ring (bicyclic) bond motifs is 2. The second kappa shape index (κ2) is 12.2. The highest BCUT2D eigenvalue weighted by Crippen LogP contribution is 2.52. The number of ether oxygens (including phenoxy) is 6. The van der Waals surface area contributed by atoms with Crippen molar-refractivity contribution in [1.82, 2.24) is 5.32 Å². The Morgan fingerprint density at radius 2 is 1.72 bits per heavy atom. The van der Waals surface area contributed by atoms with Crippen LogP contribution in [0, 0.1) is 5.92 Å². The van der Waals surface area contributed by atoms with Crippen molar-refractivity contribution in [3.05, 3.63) is 35.9 Å². The first-order valence-electron chi connectivity index (χ1n) is 11.9. The second-order valence-corrected chi connectivity index (χ2v) is 11.8. The minimum Gasteiger partial charge on any atom is -0.455 e. The van der Waals surface area contributed by atoms with Crippen molar-refractivity contribution in [1.29, 1.82) is 0 Å². The molecule has 1 N–H and O–H groups in total. The Hall–Kier alpha value is -2.15. The fourth-order valence-electron chi connectivity index (χ4n) is 5.38. The third-order valence-electron chi connectivity index (χ3n) is 6.79. The number of hydrogen-bond donors (Lipinski definition) is 1. The normalized spacial score (nSPS) is 30.3. The van der Waals surface area contributed by atoms with Crippen LogP contribution in [0.4, 0.5) is 0 Å². The minimum absolute atomic E-state index is 0.0504. The Labute approximate surface area is 240 Å². The summed E-state index contributed by atoms with van der Waals surface area (Å²) in [6.07, 6.45) is -5.69. The van der Waals surface area contributed by atoms with Crippen LogP contribution in [-0.4, -0.2) is 77.6 Å². The maximum Gasteiger partial charge on any atom is 0.350 e. The number of esters is 3. The average molecular weight is 611 g/mol. The maximum absolute atomic E-state index is 13.5. The standard InChI is InChI=1S/C25H30Cl3NO10/c1-13(30)37-19-20(32)38-17-18(36-12-15-9-7-6-8-10-15)24(19,29-22(33)25(26,27)28)16(21(34-4)35-5)11-23(17,3)39-14(2)31/h6-10,16-19,21H,11-12H2,1-5H3,(H,29,33)/t16-,17+,18-,19-,23+,24-/m1/s1. The average Bonchev–Trinajstić information content (AvgIpc) is 2.84. The number of rotatable bonds is 9. The van der Waals surface area contributed by atoms with Gasteiger partial charge in [0.1, 0.15) is 17.2 Å². The van der Waals surface area contributed by atoms with Gasteiger partial charge >= 0.3 is 17.9 Å². The van der Waals surface area contributed by atoms with E-state index in [9.17, 15) is 19.2 Å². The van der Waals surface area contributed by atoms with Crippen LogP contribution in [0.15, 0.2) is 30.3 Å². The summed E-state index contributed by atoms with van der Waals surface area (Å²) < 4.78 is 31.8. The van der Waals surface area contributed by atoms with Gasteiger partial charge in [-0.25, -0.2) is 4.79 Å². The number of carbonyl (C=O) groups excluding carboxylic acids is 4. The smallest absolute Gasteiger partial charge is 0.350 e.